The third kappa shape index (κ3) is 4.77. The van der Waals surface area contributed by atoms with E-state index in [0.29, 0.717) is 17.1 Å². The highest BCUT2D eigenvalue weighted by molar-refractivity contribution is 7.99. The summed E-state index contributed by atoms with van der Waals surface area (Å²) in [6.07, 6.45) is 0. The summed E-state index contributed by atoms with van der Waals surface area (Å²) < 4.78 is 10.0. The Balaban J connectivity index is 1.62. The number of aryl methyl sites for hydroxylation is 2. The Labute approximate surface area is 160 Å². The number of nitrogens with one attached hydrogen (secondary N) is 1. The van der Waals surface area contributed by atoms with Gasteiger partial charge in [0.25, 0.3) is 5.91 Å². The van der Waals surface area contributed by atoms with Crippen LogP contribution in [0.15, 0.2) is 68.9 Å². The molecule has 0 atom stereocenters. The van der Waals surface area contributed by atoms with E-state index >= 15 is 0 Å². The first-order chi connectivity index (χ1) is 13.0. The van der Waals surface area contributed by atoms with E-state index in [9.17, 15) is 9.59 Å². The van der Waals surface area contributed by atoms with Crippen LogP contribution in [0.2, 0.25) is 0 Å². The molecule has 2 aromatic carbocycles. The molecule has 27 heavy (non-hydrogen) atoms. The van der Waals surface area contributed by atoms with Crippen molar-refractivity contribution >= 4 is 29.3 Å². The molecular formula is C20H18N2O4S. The summed E-state index contributed by atoms with van der Waals surface area (Å²) in [5.74, 6) is -0.688. The molecule has 0 unspecified atom stereocenters. The Morgan fingerprint density at radius 1 is 1.07 bits per heavy atom. The predicted octanol–water partition coefficient (Wildman–Crippen LogP) is 4.24. The molecule has 0 aliphatic rings. The van der Waals surface area contributed by atoms with Crippen molar-refractivity contribution in [2.24, 2.45) is 0 Å². The van der Waals surface area contributed by atoms with Crippen molar-refractivity contribution in [1.82, 2.24) is 5.16 Å². The summed E-state index contributed by atoms with van der Waals surface area (Å²) in [5.41, 5.74) is 1.34. The van der Waals surface area contributed by atoms with Crippen LogP contribution in [-0.4, -0.2) is 23.6 Å². The fourth-order valence-electron chi connectivity index (χ4n) is 2.44. The third-order valence-electron chi connectivity index (χ3n) is 3.70. The number of ether oxygens (including phenoxy) is 1. The largest absolute Gasteiger partial charge is 0.452 e. The highest BCUT2D eigenvalue weighted by atomic mass is 32.2. The minimum absolute atomic E-state index is 0.253. The summed E-state index contributed by atoms with van der Waals surface area (Å²) in [5, 5.41) is 6.49. The number of rotatable bonds is 6. The van der Waals surface area contributed by atoms with Gasteiger partial charge in [-0.15, -0.1) is 0 Å². The topological polar surface area (TPSA) is 81.4 Å². The SMILES string of the molecule is Cc1noc(C)c1C(=O)OCC(=O)Nc1ccccc1Sc1ccccc1. The molecule has 0 aliphatic carbocycles. The summed E-state index contributed by atoms with van der Waals surface area (Å²) in [4.78, 5) is 26.3. The van der Waals surface area contributed by atoms with Gasteiger partial charge >= 0.3 is 5.97 Å². The van der Waals surface area contributed by atoms with Gasteiger partial charge in [0.05, 0.1) is 11.4 Å². The van der Waals surface area contributed by atoms with E-state index in [0.717, 1.165) is 9.79 Å². The van der Waals surface area contributed by atoms with Crippen LogP contribution in [0.5, 0.6) is 0 Å². The van der Waals surface area contributed by atoms with E-state index in [1.54, 1.807) is 19.9 Å². The van der Waals surface area contributed by atoms with Crippen molar-refractivity contribution in [1.29, 1.82) is 0 Å². The molecule has 3 rings (SSSR count). The van der Waals surface area contributed by atoms with Gasteiger partial charge < -0.3 is 14.6 Å². The van der Waals surface area contributed by atoms with Gasteiger partial charge in [-0.25, -0.2) is 4.79 Å². The standard InChI is InChI=1S/C20H18N2O4S/c1-13-19(14(2)26-22-13)20(24)25-12-18(23)21-16-10-6-7-11-17(16)27-15-8-4-3-5-9-15/h3-11H,12H2,1-2H3,(H,21,23). The Kier molecular flexibility index (Phi) is 5.93. The quantitative estimate of drug-likeness (QED) is 0.642. The highest BCUT2D eigenvalue weighted by Gasteiger charge is 2.20. The van der Waals surface area contributed by atoms with Crippen LogP contribution in [0.3, 0.4) is 0 Å². The molecule has 1 N–H and O–H groups in total. The molecule has 0 radical (unpaired) electrons. The van der Waals surface area contributed by atoms with Gasteiger partial charge in [0.15, 0.2) is 6.61 Å². The lowest BCUT2D eigenvalue weighted by Crippen LogP contribution is -2.21. The first-order valence-electron chi connectivity index (χ1n) is 8.26. The number of nitrogens with zero attached hydrogens (tertiary/aromatic N) is 1. The Morgan fingerprint density at radius 3 is 2.48 bits per heavy atom. The minimum atomic E-state index is -0.631. The van der Waals surface area contributed by atoms with Crippen LogP contribution in [0.1, 0.15) is 21.8 Å². The molecule has 6 nitrogen and oxygen atoms in total. The number of carbonyl (C=O) groups excluding carboxylic acids is 2. The van der Waals surface area contributed by atoms with Crippen molar-refractivity contribution in [3.63, 3.8) is 0 Å². The Bertz CT molecular complexity index is 934. The van der Waals surface area contributed by atoms with Gasteiger partial charge in [0.2, 0.25) is 0 Å². The second-order valence-corrected chi connectivity index (χ2v) is 6.85. The van der Waals surface area contributed by atoms with Crippen LogP contribution in [0.25, 0.3) is 0 Å². The van der Waals surface area contributed by atoms with Crippen LogP contribution in [-0.2, 0) is 9.53 Å². The summed E-state index contributed by atoms with van der Waals surface area (Å²) in [6.45, 7) is 2.87. The number of hydrogen-bond acceptors (Lipinski definition) is 6. The van der Waals surface area contributed by atoms with Gasteiger partial charge in [-0.3, -0.25) is 4.79 Å². The molecule has 138 valence electrons. The summed E-state index contributed by atoms with van der Waals surface area (Å²) in [6, 6.07) is 17.3. The van der Waals surface area contributed by atoms with Crippen LogP contribution in [0, 0.1) is 13.8 Å². The van der Waals surface area contributed by atoms with Crippen molar-refractivity contribution < 1.29 is 18.8 Å². The molecule has 0 saturated carbocycles. The fourth-order valence-corrected chi connectivity index (χ4v) is 3.36. The molecule has 3 aromatic rings. The van der Waals surface area contributed by atoms with Gasteiger partial charge in [0, 0.05) is 9.79 Å². The monoisotopic (exact) mass is 382 g/mol. The summed E-state index contributed by atoms with van der Waals surface area (Å²) >= 11 is 1.54. The van der Waals surface area contributed by atoms with E-state index in [-0.39, 0.29) is 5.56 Å². The van der Waals surface area contributed by atoms with Gasteiger partial charge in [-0.1, -0.05) is 47.3 Å². The Morgan fingerprint density at radius 2 is 1.78 bits per heavy atom. The molecule has 0 aliphatic heterocycles. The van der Waals surface area contributed by atoms with Crippen molar-refractivity contribution in [3.05, 3.63) is 71.6 Å². The van der Waals surface area contributed by atoms with Gasteiger partial charge in [0.1, 0.15) is 11.3 Å². The zero-order valence-corrected chi connectivity index (χ0v) is 15.7. The van der Waals surface area contributed by atoms with Crippen molar-refractivity contribution in [2.45, 2.75) is 23.6 Å². The first kappa shape index (κ1) is 18.7. The normalized spacial score (nSPS) is 10.4. The van der Waals surface area contributed by atoms with E-state index in [4.69, 9.17) is 9.26 Å². The van der Waals surface area contributed by atoms with Gasteiger partial charge in [-0.2, -0.15) is 0 Å². The van der Waals surface area contributed by atoms with Crippen LogP contribution in [0.4, 0.5) is 5.69 Å². The molecular weight excluding hydrogens is 364 g/mol. The fraction of sp³-hybridized carbons (Fsp3) is 0.150. The molecule has 1 amide bonds. The number of amides is 1. The van der Waals surface area contributed by atoms with Gasteiger partial charge in [-0.05, 0) is 38.1 Å². The third-order valence-corrected chi connectivity index (χ3v) is 4.79. The van der Waals surface area contributed by atoms with E-state index in [2.05, 4.69) is 10.5 Å². The van der Waals surface area contributed by atoms with E-state index in [1.807, 2.05) is 48.5 Å². The zero-order chi connectivity index (χ0) is 19.2. The van der Waals surface area contributed by atoms with Crippen LogP contribution < -0.4 is 5.32 Å². The maximum atomic E-state index is 12.2. The average Bonchev–Trinajstić information content (AvgIpc) is 3.01. The van der Waals surface area contributed by atoms with Crippen LogP contribution >= 0.6 is 11.8 Å². The zero-order valence-electron chi connectivity index (χ0n) is 14.9. The summed E-state index contributed by atoms with van der Waals surface area (Å²) in [7, 11) is 0. The number of esters is 1. The van der Waals surface area contributed by atoms with Crippen molar-refractivity contribution in [3.8, 4) is 0 Å². The molecule has 0 spiro atoms. The number of hydrogen-bond donors (Lipinski definition) is 1. The average molecular weight is 382 g/mol. The number of para-hydroxylation sites is 1. The number of carbonyl (C=O) groups is 2. The molecule has 1 aromatic heterocycles. The smallest absolute Gasteiger partial charge is 0.344 e. The molecule has 0 saturated heterocycles. The number of anilines is 1. The lowest BCUT2D eigenvalue weighted by Gasteiger charge is -2.11. The predicted molar refractivity (Wildman–Crippen MR) is 102 cm³/mol. The second-order valence-electron chi connectivity index (χ2n) is 5.73. The second kappa shape index (κ2) is 8.55. The van der Waals surface area contributed by atoms with E-state index in [1.165, 1.54) is 11.8 Å². The number of aromatic nitrogens is 1. The maximum absolute atomic E-state index is 12.2. The lowest BCUT2D eigenvalue weighted by atomic mass is 10.2. The lowest BCUT2D eigenvalue weighted by molar-refractivity contribution is -0.119. The maximum Gasteiger partial charge on any atom is 0.344 e. The first-order valence-corrected chi connectivity index (χ1v) is 9.08. The minimum Gasteiger partial charge on any atom is -0.452 e. The van der Waals surface area contributed by atoms with E-state index < -0.39 is 18.5 Å². The van der Waals surface area contributed by atoms with Crippen molar-refractivity contribution in [2.75, 3.05) is 11.9 Å². The number of benzene rings is 2. The molecule has 0 bridgehead atoms. The molecule has 7 heteroatoms. The Hall–Kier alpha value is -3.06. The molecule has 1 heterocycles. The highest BCUT2D eigenvalue weighted by Crippen LogP contribution is 2.33. The molecule has 0 fully saturated rings.